The quantitative estimate of drug-likeness (QED) is 0.416. The van der Waals surface area contributed by atoms with E-state index in [4.69, 9.17) is 14.0 Å². The van der Waals surface area contributed by atoms with Crippen molar-refractivity contribution in [3.63, 3.8) is 0 Å². The molecule has 2 aromatic carbocycles. The Kier molecular flexibility index (Phi) is 7.28. The number of amides is 1. The number of rotatable bonds is 9. The highest BCUT2D eigenvalue weighted by atomic mass is 19.4. The highest BCUT2D eigenvalue weighted by Gasteiger charge is 2.35. The predicted octanol–water partition coefficient (Wildman–Crippen LogP) is 5.11. The van der Waals surface area contributed by atoms with Gasteiger partial charge in [0.25, 0.3) is 0 Å². The summed E-state index contributed by atoms with van der Waals surface area (Å²) in [4.78, 5) is 18.6. The van der Waals surface area contributed by atoms with Gasteiger partial charge in [-0.2, -0.15) is 18.2 Å². The first-order chi connectivity index (χ1) is 16.8. The molecule has 0 bridgehead atoms. The van der Waals surface area contributed by atoms with Crippen LogP contribution in [-0.4, -0.2) is 47.3 Å². The summed E-state index contributed by atoms with van der Waals surface area (Å²) in [6.45, 7) is 5.77. The van der Waals surface area contributed by atoms with Gasteiger partial charge >= 0.3 is 6.18 Å². The van der Waals surface area contributed by atoms with Gasteiger partial charge in [0.1, 0.15) is 0 Å². The molecular formula is C25H26F3N3O4. The molecule has 0 spiro atoms. The summed E-state index contributed by atoms with van der Waals surface area (Å²) in [5.74, 6) is 1.32. The number of nitrogens with zero attached hydrogens (tertiary/aromatic N) is 3. The third kappa shape index (κ3) is 5.75. The largest absolute Gasteiger partial charge is 0.490 e. The molecule has 35 heavy (non-hydrogen) atoms. The van der Waals surface area contributed by atoms with E-state index >= 15 is 0 Å². The number of hydrogen-bond acceptors (Lipinski definition) is 6. The number of alkyl halides is 3. The van der Waals surface area contributed by atoms with E-state index < -0.39 is 11.7 Å². The van der Waals surface area contributed by atoms with Crippen LogP contribution in [0.5, 0.6) is 11.5 Å². The first-order valence-corrected chi connectivity index (χ1v) is 11.5. The predicted molar refractivity (Wildman–Crippen MR) is 121 cm³/mol. The van der Waals surface area contributed by atoms with Crippen LogP contribution in [-0.2, 0) is 17.4 Å². The van der Waals surface area contributed by atoms with Crippen molar-refractivity contribution < 1.29 is 32.0 Å². The van der Waals surface area contributed by atoms with Crippen molar-refractivity contribution in [3.05, 3.63) is 59.5 Å². The maximum absolute atomic E-state index is 13.0. The molecule has 10 heteroatoms. The van der Waals surface area contributed by atoms with Gasteiger partial charge in [0.2, 0.25) is 17.6 Å². The van der Waals surface area contributed by atoms with E-state index in [-0.39, 0.29) is 35.5 Å². The van der Waals surface area contributed by atoms with Crippen molar-refractivity contribution in [1.82, 2.24) is 15.0 Å². The number of benzene rings is 2. The average Bonchev–Trinajstić information content (AvgIpc) is 3.46. The fourth-order valence-corrected chi connectivity index (χ4v) is 4.02. The zero-order valence-electron chi connectivity index (χ0n) is 19.5. The molecule has 1 aliphatic rings. The highest BCUT2D eigenvalue weighted by molar-refractivity contribution is 5.79. The van der Waals surface area contributed by atoms with E-state index in [1.807, 2.05) is 32.0 Å². The monoisotopic (exact) mass is 489 g/mol. The normalized spacial score (nSPS) is 16.1. The Hall–Kier alpha value is -3.56. The number of aromatic nitrogens is 2. The fraction of sp³-hybridized carbons (Fsp3) is 0.400. The molecule has 0 N–H and O–H groups in total. The minimum Gasteiger partial charge on any atom is -0.490 e. The van der Waals surface area contributed by atoms with E-state index in [0.717, 1.165) is 17.7 Å². The van der Waals surface area contributed by atoms with Crippen molar-refractivity contribution in [3.8, 4) is 22.9 Å². The second-order valence-corrected chi connectivity index (χ2v) is 8.17. The Bertz CT molecular complexity index is 1180. The Morgan fingerprint density at radius 3 is 2.60 bits per heavy atom. The summed E-state index contributed by atoms with van der Waals surface area (Å²) >= 11 is 0. The number of carbonyl (C=O) groups excluding carboxylic acids is 1. The van der Waals surface area contributed by atoms with Gasteiger partial charge in [-0.15, -0.1) is 0 Å². The van der Waals surface area contributed by atoms with Crippen LogP contribution in [0.4, 0.5) is 13.2 Å². The molecule has 3 aromatic rings. The van der Waals surface area contributed by atoms with Crippen LogP contribution in [0.15, 0.2) is 47.0 Å². The molecule has 1 atom stereocenters. The minimum atomic E-state index is -4.46. The summed E-state index contributed by atoms with van der Waals surface area (Å²) in [5, 5.41) is 3.84. The van der Waals surface area contributed by atoms with Crippen LogP contribution in [0.25, 0.3) is 11.4 Å². The molecule has 1 aromatic heterocycles. The number of halogens is 3. The van der Waals surface area contributed by atoms with E-state index in [0.29, 0.717) is 44.2 Å². The van der Waals surface area contributed by atoms with Gasteiger partial charge in [-0.3, -0.25) is 4.79 Å². The first-order valence-electron chi connectivity index (χ1n) is 11.5. The molecule has 1 fully saturated rings. The molecule has 0 saturated carbocycles. The zero-order valence-corrected chi connectivity index (χ0v) is 19.5. The summed E-state index contributed by atoms with van der Waals surface area (Å²) in [7, 11) is 0. The topological polar surface area (TPSA) is 77.7 Å². The summed E-state index contributed by atoms with van der Waals surface area (Å²) in [6, 6.07) is 10.5. The van der Waals surface area contributed by atoms with E-state index in [2.05, 4.69) is 10.1 Å². The van der Waals surface area contributed by atoms with Crippen LogP contribution in [0.3, 0.4) is 0 Å². The van der Waals surface area contributed by atoms with Crippen molar-refractivity contribution in [2.75, 3.05) is 26.3 Å². The molecule has 1 aliphatic heterocycles. The lowest BCUT2D eigenvalue weighted by Gasteiger charge is -2.17. The van der Waals surface area contributed by atoms with Crippen LogP contribution in [0, 0.1) is 0 Å². The average molecular weight is 489 g/mol. The molecular weight excluding hydrogens is 463 g/mol. The number of carbonyl (C=O) groups is 1. The van der Waals surface area contributed by atoms with Gasteiger partial charge in [-0.1, -0.05) is 23.4 Å². The first kappa shape index (κ1) is 24.6. The van der Waals surface area contributed by atoms with Gasteiger partial charge in [-0.25, -0.2) is 0 Å². The van der Waals surface area contributed by atoms with E-state index in [1.54, 1.807) is 4.90 Å². The minimum absolute atomic E-state index is 0.0372. The SMILES string of the molecule is CCOc1ccc(CCN2CC(c3nc(-c4cccc(C(F)(F)F)c4)no3)CC2=O)cc1OCC. The molecule has 0 aliphatic carbocycles. The maximum Gasteiger partial charge on any atom is 0.416 e. The van der Waals surface area contributed by atoms with Crippen molar-refractivity contribution in [2.24, 2.45) is 0 Å². The third-order valence-corrected chi connectivity index (χ3v) is 5.73. The smallest absolute Gasteiger partial charge is 0.416 e. The lowest BCUT2D eigenvalue weighted by molar-refractivity contribution is -0.137. The van der Waals surface area contributed by atoms with Crippen LogP contribution >= 0.6 is 0 Å². The van der Waals surface area contributed by atoms with Crippen molar-refractivity contribution in [2.45, 2.75) is 38.8 Å². The number of likely N-dealkylation sites (tertiary alicyclic amines) is 1. The summed E-state index contributed by atoms with van der Waals surface area (Å²) < 4.78 is 55.6. The molecule has 186 valence electrons. The Labute approximate surface area is 200 Å². The molecule has 1 amide bonds. The fourth-order valence-electron chi connectivity index (χ4n) is 4.02. The van der Waals surface area contributed by atoms with Crippen LogP contribution in [0.2, 0.25) is 0 Å². The molecule has 4 rings (SSSR count). The highest BCUT2D eigenvalue weighted by Crippen LogP contribution is 2.33. The standard InChI is InChI=1S/C25H26F3N3O4/c1-3-33-20-9-8-16(12-21(20)34-4-2)10-11-31-15-18(14-22(31)32)24-29-23(30-35-24)17-6-5-7-19(13-17)25(26,27)28/h5-9,12-13,18H,3-4,10-11,14-15H2,1-2H3. The molecule has 2 heterocycles. The molecule has 0 radical (unpaired) electrons. The number of ether oxygens (including phenoxy) is 2. The summed E-state index contributed by atoms with van der Waals surface area (Å²) in [5.41, 5.74) is 0.430. The van der Waals surface area contributed by atoms with Gasteiger partial charge in [0.05, 0.1) is 24.7 Å². The third-order valence-electron chi connectivity index (χ3n) is 5.73. The van der Waals surface area contributed by atoms with E-state index in [1.165, 1.54) is 12.1 Å². The van der Waals surface area contributed by atoms with Gasteiger partial charge in [0.15, 0.2) is 11.5 Å². The van der Waals surface area contributed by atoms with Crippen LogP contribution in [0.1, 0.15) is 43.2 Å². The molecule has 7 nitrogen and oxygen atoms in total. The van der Waals surface area contributed by atoms with Gasteiger partial charge in [-0.05, 0) is 50.1 Å². The molecule has 1 saturated heterocycles. The Balaban J connectivity index is 1.40. The van der Waals surface area contributed by atoms with Crippen molar-refractivity contribution >= 4 is 5.91 Å². The van der Waals surface area contributed by atoms with E-state index in [9.17, 15) is 18.0 Å². The van der Waals surface area contributed by atoms with Gasteiger partial charge < -0.3 is 18.9 Å². The van der Waals surface area contributed by atoms with Crippen molar-refractivity contribution in [1.29, 1.82) is 0 Å². The lowest BCUT2D eigenvalue weighted by atomic mass is 10.1. The maximum atomic E-state index is 13.0. The second-order valence-electron chi connectivity index (χ2n) is 8.17. The Morgan fingerprint density at radius 2 is 1.86 bits per heavy atom. The second kappa shape index (κ2) is 10.4. The number of hydrogen-bond donors (Lipinski definition) is 0. The molecule has 1 unspecified atom stereocenters. The van der Waals surface area contributed by atoms with Gasteiger partial charge in [0, 0.05) is 25.1 Å². The lowest BCUT2D eigenvalue weighted by Crippen LogP contribution is -2.27. The Morgan fingerprint density at radius 1 is 1.09 bits per heavy atom. The summed E-state index contributed by atoms with van der Waals surface area (Å²) in [6.07, 6.45) is -3.63. The zero-order chi connectivity index (χ0) is 25.0. The van der Waals surface area contributed by atoms with Crippen LogP contribution < -0.4 is 9.47 Å².